The summed E-state index contributed by atoms with van der Waals surface area (Å²) in [7, 11) is 0. The van der Waals surface area contributed by atoms with E-state index >= 15 is 0 Å². The highest BCUT2D eigenvalue weighted by Crippen LogP contribution is 2.40. The molecular formula is C39H30N4O. The molecule has 0 spiro atoms. The van der Waals surface area contributed by atoms with Gasteiger partial charge in [-0.2, -0.15) is 0 Å². The molecule has 212 valence electrons. The lowest BCUT2D eigenvalue weighted by molar-refractivity contribution is 0.203. The Bertz CT molecular complexity index is 2220. The smallest absolute Gasteiger partial charge is 0.160 e. The fourth-order valence-corrected chi connectivity index (χ4v) is 6.83. The molecule has 0 bridgehead atoms. The van der Waals surface area contributed by atoms with Crippen molar-refractivity contribution in [3.05, 3.63) is 162 Å². The highest BCUT2D eigenvalue weighted by Gasteiger charge is 2.29. The number of nitrogens with one attached hydrogen (secondary N) is 3. The van der Waals surface area contributed by atoms with Crippen molar-refractivity contribution in [3.63, 3.8) is 0 Å². The van der Waals surface area contributed by atoms with Gasteiger partial charge in [-0.25, -0.2) is 0 Å². The molecule has 2 aromatic heterocycles. The fourth-order valence-electron chi connectivity index (χ4n) is 6.83. The SMILES string of the molecule is c1ccc(C2NC(c3ccccc3)NC(c3ccc(-n4c5ccccc5c5ccc6c7ccccc7oc6c54)cc3)N2)cc1. The lowest BCUT2D eigenvalue weighted by Crippen LogP contribution is -2.54. The van der Waals surface area contributed by atoms with Crippen LogP contribution in [0.15, 0.2) is 150 Å². The molecule has 1 fully saturated rings. The van der Waals surface area contributed by atoms with Crippen LogP contribution < -0.4 is 16.0 Å². The van der Waals surface area contributed by atoms with Crippen molar-refractivity contribution in [1.29, 1.82) is 0 Å². The zero-order chi connectivity index (χ0) is 29.0. The van der Waals surface area contributed by atoms with Crippen LogP contribution in [0.1, 0.15) is 35.2 Å². The van der Waals surface area contributed by atoms with Gasteiger partial charge in [-0.1, -0.05) is 115 Å². The summed E-state index contributed by atoms with van der Waals surface area (Å²) in [5.41, 5.74) is 8.77. The van der Waals surface area contributed by atoms with E-state index in [1.165, 1.54) is 27.5 Å². The van der Waals surface area contributed by atoms with E-state index in [1.807, 2.05) is 12.1 Å². The third-order valence-corrected chi connectivity index (χ3v) is 8.93. The van der Waals surface area contributed by atoms with Gasteiger partial charge in [-0.15, -0.1) is 0 Å². The normalized spacial score (nSPS) is 18.9. The van der Waals surface area contributed by atoms with Crippen LogP contribution in [0.3, 0.4) is 0 Å². The number of rotatable bonds is 4. The number of hydrogen-bond acceptors (Lipinski definition) is 4. The molecule has 0 radical (unpaired) electrons. The number of para-hydroxylation sites is 2. The van der Waals surface area contributed by atoms with Crippen molar-refractivity contribution in [2.75, 3.05) is 0 Å². The predicted molar refractivity (Wildman–Crippen MR) is 179 cm³/mol. The van der Waals surface area contributed by atoms with Crippen LogP contribution in [-0.4, -0.2) is 4.57 Å². The molecule has 6 aromatic carbocycles. The third kappa shape index (κ3) is 4.06. The molecule has 5 nitrogen and oxygen atoms in total. The first-order chi connectivity index (χ1) is 21.8. The molecule has 1 aliphatic rings. The molecule has 44 heavy (non-hydrogen) atoms. The topological polar surface area (TPSA) is 54.2 Å². The largest absolute Gasteiger partial charge is 0.454 e. The Kier molecular flexibility index (Phi) is 5.87. The first-order valence-corrected chi connectivity index (χ1v) is 15.1. The summed E-state index contributed by atoms with van der Waals surface area (Å²) in [6.45, 7) is 0. The summed E-state index contributed by atoms with van der Waals surface area (Å²) in [5.74, 6) is 0. The Labute approximate surface area is 254 Å². The molecule has 3 heterocycles. The van der Waals surface area contributed by atoms with Crippen LogP contribution in [0.4, 0.5) is 0 Å². The van der Waals surface area contributed by atoms with Gasteiger partial charge in [0.05, 0.1) is 29.5 Å². The lowest BCUT2D eigenvalue weighted by atomic mass is 10.0. The van der Waals surface area contributed by atoms with Crippen LogP contribution in [0.2, 0.25) is 0 Å². The Morgan fingerprint density at radius 1 is 0.432 bits per heavy atom. The molecule has 1 saturated heterocycles. The van der Waals surface area contributed by atoms with Gasteiger partial charge in [0, 0.05) is 27.2 Å². The van der Waals surface area contributed by atoms with Crippen molar-refractivity contribution in [2.24, 2.45) is 0 Å². The maximum absolute atomic E-state index is 6.54. The van der Waals surface area contributed by atoms with Gasteiger partial charge in [0.25, 0.3) is 0 Å². The minimum absolute atomic E-state index is 0.00830. The fraction of sp³-hybridized carbons (Fsp3) is 0.0769. The first-order valence-electron chi connectivity index (χ1n) is 15.1. The zero-order valence-electron chi connectivity index (χ0n) is 23.9. The van der Waals surface area contributed by atoms with E-state index in [0.717, 1.165) is 38.7 Å². The van der Waals surface area contributed by atoms with Gasteiger partial charge in [-0.3, -0.25) is 16.0 Å². The highest BCUT2D eigenvalue weighted by atomic mass is 16.3. The Morgan fingerprint density at radius 2 is 0.955 bits per heavy atom. The second kappa shape index (κ2) is 10.2. The van der Waals surface area contributed by atoms with Gasteiger partial charge in [0.2, 0.25) is 0 Å². The van der Waals surface area contributed by atoms with Gasteiger partial charge >= 0.3 is 0 Å². The third-order valence-electron chi connectivity index (χ3n) is 8.93. The second-order valence-electron chi connectivity index (χ2n) is 11.5. The molecule has 2 unspecified atom stereocenters. The molecule has 0 amide bonds. The first kappa shape index (κ1) is 25.3. The average Bonchev–Trinajstić information content (AvgIpc) is 3.65. The summed E-state index contributed by atoms with van der Waals surface area (Å²) in [6.07, 6.45) is -0.0713. The Hall–Kier alpha value is -5.20. The standard InChI is InChI=1S/C39H30N4O/c1-3-11-25(12-4-1)37-40-38(26-13-5-2-6-14-26)42-39(41-37)27-19-21-28(22-20-27)43-33-17-9-7-15-29(33)31-23-24-32-30-16-8-10-18-34(30)44-36(32)35(31)43/h1-24,37-42H. The number of aromatic nitrogens is 1. The summed E-state index contributed by atoms with van der Waals surface area (Å²) < 4.78 is 8.89. The van der Waals surface area contributed by atoms with E-state index in [2.05, 4.69) is 154 Å². The van der Waals surface area contributed by atoms with Crippen LogP contribution in [-0.2, 0) is 0 Å². The van der Waals surface area contributed by atoms with Crippen LogP contribution in [0.25, 0.3) is 49.4 Å². The summed E-state index contributed by atoms with van der Waals surface area (Å²) in [5, 5.41) is 16.0. The van der Waals surface area contributed by atoms with Crippen LogP contribution >= 0.6 is 0 Å². The van der Waals surface area contributed by atoms with E-state index in [0.29, 0.717) is 0 Å². The van der Waals surface area contributed by atoms with E-state index in [9.17, 15) is 0 Å². The quantitative estimate of drug-likeness (QED) is 0.198. The molecule has 5 heteroatoms. The van der Waals surface area contributed by atoms with E-state index in [4.69, 9.17) is 4.42 Å². The average molecular weight is 571 g/mol. The lowest BCUT2D eigenvalue weighted by Gasteiger charge is -2.39. The highest BCUT2D eigenvalue weighted by molar-refractivity contribution is 6.21. The summed E-state index contributed by atoms with van der Waals surface area (Å²) in [4.78, 5) is 0. The van der Waals surface area contributed by atoms with Crippen LogP contribution in [0, 0.1) is 0 Å². The molecule has 2 atom stereocenters. The van der Waals surface area contributed by atoms with E-state index in [-0.39, 0.29) is 18.5 Å². The molecule has 1 aliphatic heterocycles. The van der Waals surface area contributed by atoms with Crippen molar-refractivity contribution >= 4 is 43.7 Å². The predicted octanol–water partition coefficient (Wildman–Crippen LogP) is 8.86. The maximum Gasteiger partial charge on any atom is 0.160 e. The van der Waals surface area contributed by atoms with Crippen molar-refractivity contribution in [3.8, 4) is 5.69 Å². The Morgan fingerprint density at radius 3 is 1.61 bits per heavy atom. The number of hydrogen-bond donors (Lipinski definition) is 3. The zero-order valence-corrected chi connectivity index (χ0v) is 23.9. The maximum atomic E-state index is 6.54. The van der Waals surface area contributed by atoms with Crippen LogP contribution in [0.5, 0.6) is 0 Å². The second-order valence-corrected chi connectivity index (χ2v) is 11.5. The number of furan rings is 1. The number of benzene rings is 6. The van der Waals surface area contributed by atoms with Crippen molar-refractivity contribution < 1.29 is 4.42 Å². The number of fused-ring (bicyclic) bond motifs is 7. The number of nitrogens with zero attached hydrogens (tertiary/aromatic N) is 1. The molecule has 8 aromatic rings. The summed E-state index contributed by atoms with van der Waals surface area (Å²) in [6, 6.07) is 51.4. The summed E-state index contributed by atoms with van der Waals surface area (Å²) >= 11 is 0. The molecule has 0 aliphatic carbocycles. The minimum atomic E-state index is -0.0547. The molecule has 9 rings (SSSR count). The minimum Gasteiger partial charge on any atom is -0.454 e. The van der Waals surface area contributed by atoms with Gasteiger partial charge in [-0.05, 0) is 47.0 Å². The monoisotopic (exact) mass is 570 g/mol. The van der Waals surface area contributed by atoms with E-state index < -0.39 is 0 Å². The van der Waals surface area contributed by atoms with E-state index in [1.54, 1.807) is 0 Å². The molecule has 3 N–H and O–H groups in total. The van der Waals surface area contributed by atoms with Gasteiger partial charge in [0.1, 0.15) is 5.58 Å². The van der Waals surface area contributed by atoms with Crippen molar-refractivity contribution in [1.82, 2.24) is 20.5 Å². The van der Waals surface area contributed by atoms with Crippen molar-refractivity contribution in [2.45, 2.75) is 18.5 Å². The molecule has 0 saturated carbocycles. The van der Waals surface area contributed by atoms with Gasteiger partial charge < -0.3 is 8.98 Å². The Balaban J connectivity index is 1.16. The molecular weight excluding hydrogens is 540 g/mol. The van der Waals surface area contributed by atoms with Gasteiger partial charge in [0.15, 0.2) is 5.58 Å².